The van der Waals surface area contributed by atoms with Gasteiger partial charge in [-0.2, -0.15) is 0 Å². The third-order valence-electron chi connectivity index (χ3n) is 3.54. The van der Waals surface area contributed by atoms with Gasteiger partial charge >= 0.3 is 0 Å². The average molecular weight is 154 g/mol. The minimum absolute atomic E-state index is 0.0500. The Morgan fingerprint density at radius 1 is 0.818 bits per heavy atom. The molecule has 2 rings (SSSR count). The van der Waals surface area contributed by atoms with Gasteiger partial charge in [-0.3, -0.25) is 0 Å². The van der Waals surface area contributed by atoms with Crippen LogP contribution in [0, 0.1) is 11.8 Å². The molecule has 0 heterocycles. The van der Waals surface area contributed by atoms with Crippen molar-refractivity contribution in [3.8, 4) is 0 Å². The van der Waals surface area contributed by atoms with Crippen molar-refractivity contribution in [3.05, 3.63) is 0 Å². The zero-order valence-corrected chi connectivity index (χ0v) is 7.13. The van der Waals surface area contributed by atoms with Gasteiger partial charge in [0.15, 0.2) is 0 Å². The van der Waals surface area contributed by atoms with E-state index in [1.54, 1.807) is 0 Å². The Hall–Kier alpha value is -0.0400. The molecular weight excluding hydrogens is 136 g/mol. The van der Waals surface area contributed by atoms with Crippen LogP contribution in [0.1, 0.15) is 44.9 Å². The molecule has 2 fully saturated rings. The maximum atomic E-state index is 9.70. The summed E-state index contributed by atoms with van der Waals surface area (Å²) in [5.41, 5.74) is 0. The second-order valence-corrected chi connectivity index (χ2v) is 4.21. The van der Waals surface area contributed by atoms with Crippen LogP contribution in [0.4, 0.5) is 0 Å². The van der Waals surface area contributed by atoms with Gasteiger partial charge in [0.05, 0.1) is 6.10 Å². The summed E-state index contributed by atoms with van der Waals surface area (Å²) >= 11 is 0. The van der Waals surface area contributed by atoms with Gasteiger partial charge in [0.25, 0.3) is 0 Å². The molecule has 3 atom stereocenters. The number of hydrogen-bond donors (Lipinski definition) is 1. The van der Waals surface area contributed by atoms with E-state index in [9.17, 15) is 5.11 Å². The Morgan fingerprint density at radius 3 is 2.36 bits per heavy atom. The highest BCUT2D eigenvalue weighted by Crippen LogP contribution is 2.40. The minimum atomic E-state index is 0.0500. The third kappa shape index (κ3) is 1.44. The van der Waals surface area contributed by atoms with Crippen LogP contribution in [0.2, 0.25) is 0 Å². The molecule has 1 N–H and O–H groups in total. The monoisotopic (exact) mass is 154 g/mol. The number of hydrogen-bond acceptors (Lipinski definition) is 1. The lowest BCUT2D eigenvalue weighted by atomic mass is 9.69. The fourth-order valence-electron chi connectivity index (χ4n) is 2.90. The van der Waals surface area contributed by atoms with Gasteiger partial charge in [-0.05, 0) is 31.1 Å². The number of aliphatic hydroxyl groups is 1. The zero-order valence-electron chi connectivity index (χ0n) is 7.13. The topological polar surface area (TPSA) is 20.2 Å². The summed E-state index contributed by atoms with van der Waals surface area (Å²) in [5.74, 6) is 1.56. The molecule has 0 saturated heterocycles. The first kappa shape index (κ1) is 7.60. The summed E-state index contributed by atoms with van der Waals surface area (Å²) in [6, 6.07) is 0. The van der Waals surface area contributed by atoms with Crippen molar-refractivity contribution in [2.45, 2.75) is 51.0 Å². The SMILES string of the molecule is OC1CCC[C@H]2CCCC[C@H]12. The van der Waals surface area contributed by atoms with Gasteiger partial charge in [-0.25, -0.2) is 0 Å². The minimum Gasteiger partial charge on any atom is -0.393 e. The molecule has 0 aliphatic heterocycles. The maximum absolute atomic E-state index is 9.70. The average Bonchev–Trinajstić information content (AvgIpc) is 2.06. The molecule has 2 aliphatic rings. The smallest absolute Gasteiger partial charge is 0.0571 e. The van der Waals surface area contributed by atoms with Crippen LogP contribution in [0.3, 0.4) is 0 Å². The fourth-order valence-corrected chi connectivity index (χ4v) is 2.90. The summed E-state index contributed by atoms with van der Waals surface area (Å²) < 4.78 is 0. The summed E-state index contributed by atoms with van der Waals surface area (Å²) in [7, 11) is 0. The summed E-state index contributed by atoms with van der Waals surface area (Å²) in [6.07, 6.45) is 9.24. The standard InChI is InChI=1S/C10H18O/c11-10-7-3-5-8-4-1-2-6-9(8)10/h8-11H,1-7H2/t8-,9+,10?/m1/s1. The van der Waals surface area contributed by atoms with E-state index >= 15 is 0 Å². The van der Waals surface area contributed by atoms with Gasteiger partial charge in [0.2, 0.25) is 0 Å². The normalized spacial score (nSPS) is 45.0. The first-order valence-corrected chi connectivity index (χ1v) is 5.06. The number of aliphatic hydroxyl groups excluding tert-OH is 1. The van der Waals surface area contributed by atoms with E-state index in [0.717, 1.165) is 12.3 Å². The Balaban J connectivity index is 1.99. The van der Waals surface area contributed by atoms with Gasteiger partial charge in [-0.15, -0.1) is 0 Å². The molecule has 0 bridgehead atoms. The summed E-state index contributed by atoms with van der Waals surface area (Å²) in [6.45, 7) is 0. The Bertz CT molecular complexity index is 131. The molecule has 0 amide bonds. The molecule has 11 heavy (non-hydrogen) atoms. The number of fused-ring (bicyclic) bond motifs is 1. The molecule has 1 nitrogen and oxygen atoms in total. The van der Waals surface area contributed by atoms with Crippen LogP contribution in [-0.4, -0.2) is 11.2 Å². The molecule has 64 valence electrons. The lowest BCUT2D eigenvalue weighted by Crippen LogP contribution is -2.34. The van der Waals surface area contributed by atoms with Crippen molar-refractivity contribution in [1.82, 2.24) is 0 Å². The molecule has 1 heteroatoms. The van der Waals surface area contributed by atoms with E-state index in [1.165, 1.54) is 38.5 Å². The Morgan fingerprint density at radius 2 is 1.55 bits per heavy atom. The van der Waals surface area contributed by atoms with Crippen molar-refractivity contribution < 1.29 is 5.11 Å². The second kappa shape index (κ2) is 3.14. The van der Waals surface area contributed by atoms with E-state index in [2.05, 4.69) is 0 Å². The molecule has 2 saturated carbocycles. The van der Waals surface area contributed by atoms with Gasteiger partial charge < -0.3 is 5.11 Å². The molecule has 0 aromatic rings. The molecular formula is C10H18O. The summed E-state index contributed by atoms with van der Waals surface area (Å²) in [5, 5.41) is 9.70. The van der Waals surface area contributed by atoms with Gasteiger partial charge in [-0.1, -0.05) is 25.7 Å². The fraction of sp³-hybridized carbons (Fsp3) is 1.00. The number of rotatable bonds is 0. The highest BCUT2D eigenvalue weighted by Gasteiger charge is 2.33. The molecule has 0 aromatic heterocycles. The molecule has 0 spiro atoms. The zero-order chi connectivity index (χ0) is 7.68. The van der Waals surface area contributed by atoms with Crippen LogP contribution in [-0.2, 0) is 0 Å². The molecule has 0 aromatic carbocycles. The first-order valence-electron chi connectivity index (χ1n) is 5.06. The van der Waals surface area contributed by atoms with Crippen molar-refractivity contribution in [3.63, 3.8) is 0 Å². The lowest BCUT2D eigenvalue weighted by Gasteiger charge is -2.38. The highest BCUT2D eigenvalue weighted by atomic mass is 16.3. The third-order valence-corrected chi connectivity index (χ3v) is 3.54. The van der Waals surface area contributed by atoms with Crippen LogP contribution >= 0.6 is 0 Å². The summed E-state index contributed by atoms with van der Waals surface area (Å²) in [4.78, 5) is 0. The molecule has 2 aliphatic carbocycles. The van der Waals surface area contributed by atoms with Crippen molar-refractivity contribution >= 4 is 0 Å². The largest absolute Gasteiger partial charge is 0.393 e. The van der Waals surface area contributed by atoms with E-state index in [-0.39, 0.29) is 6.10 Å². The van der Waals surface area contributed by atoms with Crippen molar-refractivity contribution in [2.75, 3.05) is 0 Å². The Kier molecular flexibility index (Phi) is 2.17. The molecule has 1 unspecified atom stereocenters. The van der Waals surface area contributed by atoms with Crippen LogP contribution < -0.4 is 0 Å². The quantitative estimate of drug-likeness (QED) is 0.568. The maximum Gasteiger partial charge on any atom is 0.0571 e. The molecule has 0 radical (unpaired) electrons. The van der Waals surface area contributed by atoms with Gasteiger partial charge in [0.1, 0.15) is 0 Å². The van der Waals surface area contributed by atoms with Crippen LogP contribution in [0.15, 0.2) is 0 Å². The second-order valence-electron chi connectivity index (χ2n) is 4.21. The van der Waals surface area contributed by atoms with Crippen molar-refractivity contribution in [1.29, 1.82) is 0 Å². The van der Waals surface area contributed by atoms with E-state index in [4.69, 9.17) is 0 Å². The Labute approximate surface area is 68.8 Å². The highest BCUT2D eigenvalue weighted by molar-refractivity contribution is 4.84. The predicted molar refractivity (Wildman–Crippen MR) is 45.3 cm³/mol. The van der Waals surface area contributed by atoms with Crippen molar-refractivity contribution in [2.24, 2.45) is 11.8 Å². The van der Waals surface area contributed by atoms with Crippen LogP contribution in [0.5, 0.6) is 0 Å². The lowest BCUT2D eigenvalue weighted by molar-refractivity contribution is 0.0105. The first-order chi connectivity index (χ1) is 5.38. The van der Waals surface area contributed by atoms with Gasteiger partial charge in [0, 0.05) is 0 Å². The van der Waals surface area contributed by atoms with E-state index < -0.39 is 0 Å². The van der Waals surface area contributed by atoms with E-state index in [1.807, 2.05) is 0 Å². The van der Waals surface area contributed by atoms with E-state index in [0.29, 0.717) is 5.92 Å². The predicted octanol–water partition coefficient (Wildman–Crippen LogP) is 2.34. The van der Waals surface area contributed by atoms with Crippen LogP contribution in [0.25, 0.3) is 0 Å².